The number of sulfonamides is 1. The van der Waals surface area contributed by atoms with Crippen molar-refractivity contribution in [3.05, 3.63) is 90.1 Å². The number of nitrogens with zero attached hydrogens (tertiary/aromatic N) is 3. The van der Waals surface area contributed by atoms with Crippen molar-refractivity contribution in [1.29, 1.82) is 0 Å². The van der Waals surface area contributed by atoms with Crippen LogP contribution in [0.2, 0.25) is 0 Å². The quantitative estimate of drug-likeness (QED) is 0.215. The van der Waals surface area contributed by atoms with Crippen LogP contribution in [-0.2, 0) is 10.0 Å². The number of hydrogen-bond donors (Lipinski definition) is 1. The number of anilines is 3. The zero-order valence-electron chi connectivity index (χ0n) is 21.4. The first-order chi connectivity index (χ1) is 18.4. The molecule has 0 aliphatic carbocycles. The van der Waals surface area contributed by atoms with Gasteiger partial charge in [-0.2, -0.15) is 0 Å². The van der Waals surface area contributed by atoms with Crippen molar-refractivity contribution in [3.63, 3.8) is 0 Å². The molecule has 0 atom stereocenters. The molecule has 0 spiro atoms. The van der Waals surface area contributed by atoms with E-state index >= 15 is 0 Å². The lowest BCUT2D eigenvalue weighted by molar-refractivity contribution is 0.340. The maximum Gasteiger partial charge on any atom is 0.266 e. The molecule has 0 aliphatic heterocycles. The number of hydrogen-bond acceptors (Lipinski definition) is 7. The fourth-order valence-corrected chi connectivity index (χ4v) is 7.13. The summed E-state index contributed by atoms with van der Waals surface area (Å²) in [7, 11) is -3.86. The van der Waals surface area contributed by atoms with Gasteiger partial charge in [0.1, 0.15) is 27.6 Å². The summed E-state index contributed by atoms with van der Waals surface area (Å²) in [6, 6.07) is 24.0. The van der Waals surface area contributed by atoms with E-state index < -0.39 is 10.0 Å². The summed E-state index contributed by atoms with van der Waals surface area (Å²) < 4.78 is 34.7. The van der Waals surface area contributed by atoms with Crippen molar-refractivity contribution in [1.82, 2.24) is 9.97 Å². The van der Waals surface area contributed by atoms with Crippen LogP contribution < -0.4 is 14.4 Å². The van der Waals surface area contributed by atoms with Crippen LogP contribution in [0.15, 0.2) is 90.1 Å². The highest BCUT2D eigenvalue weighted by molar-refractivity contribution is 7.93. The van der Waals surface area contributed by atoms with E-state index in [-0.39, 0.29) is 4.90 Å². The molecular weight excluding hydrogens is 516 g/mol. The van der Waals surface area contributed by atoms with Gasteiger partial charge in [0.25, 0.3) is 10.0 Å². The molecule has 5 aromatic rings. The number of fused-ring (bicyclic) bond motifs is 1. The highest BCUT2D eigenvalue weighted by atomic mass is 32.2. The van der Waals surface area contributed by atoms with Crippen LogP contribution in [0.4, 0.5) is 17.2 Å². The molecule has 2 heterocycles. The molecule has 0 unspecified atom stereocenters. The van der Waals surface area contributed by atoms with Crippen LogP contribution >= 0.6 is 11.3 Å². The van der Waals surface area contributed by atoms with Crippen molar-refractivity contribution in [2.24, 2.45) is 0 Å². The molecule has 3 aromatic carbocycles. The van der Waals surface area contributed by atoms with Gasteiger partial charge in [-0.1, -0.05) is 42.5 Å². The molecular formula is C29H28N4O3S2. The van der Waals surface area contributed by atoms with Crippen molar-refractivity contribution >= 4 is 48.8 Å². The third kappa shape index (κ3) is 4.82. The molecule has 1 N–H and O–H groups in total. The second-order valence-electron chi connectivity index (χ2n) is 8.52. The van der Waals surface area contributed by atoms with Gasteiger partial charge < -0.3 is 10.1 Å². The van der Waals surface area contributed by atoms with Gasteiger partial charge in [0.05, 0.1) is 23.4 Å². The number of nitrogens with one attached hydrogen (secondary N) is 1. The molecule has 0 saturated heterocycles. The highest BCUT2D eigenvalue weighted by Crippen LogP contribution is 2.42. The van der Waals surface area contributed by atoms with Crippen LogP contribution in [0, 0.1) is 6.92 Å². The van der Waals surface area contributed by atoms with Crippen LogP contribution in [0.25, 0.3) is 21.3 Å². The van der Waals surface area contributed by atoms with E-state index in [1.54, 1.807) is 41.7 Å². The Kier molecular flexibility index (Phi) is 7.31. The van der Waals surface area contributed by atoms with Gasteiger partial charge in [0.15, 0.2) is 0 Å². The molecule has 0 aliphatic rings. The minimum absolute atomic E-state index is 0.173. The van der Waals surface area contributed by atoms with Crippen LogP contribution in [0.1, 0.15) is 18.7 Å². The summed E-state index contributed by atoms with van der Waals surface area (Å²) in [5.41, 5.74) is 3.08. The van der Waals surface area contributed by atoms with Gasteiger partial charge in [-0.3, -0.25) is 4.31 Å². The van der Waals surface area contributed by atoms with Crippen LogP contribution in [-0.4, -0.2) is 31.5 Å². The SMILES string of the molecule is CCOc1ccc(-c2c(C)sc3ncnc(Nc4ccccc4S(=O)(=O)N(CC)c4ccccc4)c23)cc1. The fourth-order valence-electron chi connectivity index (χ4n) is 4.50. The lowest BCUT2D eigenvalue weighted by Crippen LogP contribution is -2.31. The van der Waals surface area contributed by atoms with E-state index in [4.69, 9.17) is 4.74 Å². The first kappa shape index (κ1) is 25.7. The lowest BCUT2D eigenvalue weighted by atomic mass is 10.0. The fraction of sp³-hybridized carbons (Fsp3) is 0.172. The lowest BCUT2D eigenvalue weighted by Gasteiger charge is -2.24. The summed E-state index contributed by atoms with van der Waals surface area (Å²) in [4.78, 5) is 11.1. The van der Waals surface area contributed by atoms with E-state index in [1.807, 2.05) is 62.4 Å². The van der Waals surface area contributed by atoms with Crippen molar-refractivity contribution in [2.75, 3.05) is 22.8 Å². The summed E-state index contributed by atoms with van der Waals surface area (Å²) in [5, 5.41) is 4.18. The number of para-hydroxylation sites is 2. The molecule has 38 heavy (non-hydrogen) atoms. The van der Waals surface area contributed by atoms with E-state index in [0.717, 1.165) is 32.0 Å². The number of thiophene rings is 1. The van der Waals surface area contributed by atoms with Gasteiger partial charge in [0.2, 0.25) is 0 Å². The maximum atomic E-state index is 13.9. The van der Waals surface area contributed by atoms with Crippen molar-refractivity contribution in [2.45, 2.75) is 25.7 Å². The Bertz CT molecular complexity index is 1670. The molecule has 0 radical (unpaired) electrons. The number of ether oxygens (including phenoxy) is 1. The van der Waals surface area contributed by atoms with E-state index in [1.165, 1.54) is 10.6 Å². The van der Waals surface area contributed by atoms with E-state index in [0.29, 0.717) is 30.3 Å². The van der Waals surface area contributed by atoms with Gasteiger partial charge in [-0.05, 0) is 62.7 Å². The Morgan fingerprint density at radius 1 is 0.921 bits per heavy atom. The number of rotatable bonds is 9. The molecule has 5 rings (SSSR count). The summed E-state index contributed by atoms with van der Waals surface area (Å²) >= 11 is 1.58. The molecule has 0 bridgehead atoms. The third-order valence-electron chi connectivity index (χ3n) is 6.16. The second-order valence-corrected chi connectivity index (χ2v) is 11.6. The Balaban J connectivity index is 1.59. The first-order valence-corrected chi connectivity index (χ1v) is 14.6. The van der Waals surface area contributed by atoms with Crippen molar-refractivity contribution < 1.29 is 13.2 Å². The first-order valence-electron chi connectivity index (χ1n) is 12.3. The largest absolute Gasteiger partial charge is 0.494 e. The van der Waals surface area contributed by atoms with Crippen molar-refractivity contribution in [3.8, 4) is 16.9 Å². The average Bonchev–Trinajstić information content (AvgIpc) is 3.27. The number of benzene rings is 3. The van der Waals surface area contributed by atoms with Gasteiger partial charge in [-0.25, -0.2) is 18.4 Å². The van der Waals surface area contributed by atoms with Gasteiger partial charge in [0, 0.05) is 17.0 Å². The van der Waals surface area contributed by atoms with E-state index in [9.17, 15) is 8.42 Å². The molecule has 2 aromatic heterocycles. The standard InChI is InChI=1S/C29H28N4O3S2/c1-4-33(22-11-7-6-8-12-22)38(34,35)25-14-10-9-13-24(25)32-28-27-26(20(3)37-29(27)31-19-30-28)21-15-17-23(18-16-21)36-5-2/h6-19H,4-5H2,1-3H3,(H,30,31,32). The Labute approximate surface area is 226 Å². The zero-order valence-corrected chi connectivity index (χ0v) is 23.0. The molecule has 0 amide bonds. The molecule has 7 nitrogen and oxygen atoms in total. The summed E-state index contributed by atoms with van der Waals surface area (Å²) in [6.45, 7) is 6.73. The zero-order chi connectivity index (χ0) is 26.7. The molecule has 0 saturated carbocycles. The Morgan fingerprint density at radius 3 is 2.34 bits per heavy atom. The van der Waals surface area contributed by atoms with Crippen LogP contribution in [0.3, 0.4) is 0 Å². The van der Waals surface area contributed by atoms with Gasteiger partial charge >= 0.3 is 0 Å². The highest BCUT2D eigenvalue weighted by Gasteiger charge is 2.27. The monoisotopic (exact) mass is 544 g/mol. The number of aryl methyl sites for hydroxylation is 1. The predicted molar refractivity (Wildman–Crippen MR) is 155 cm³/mol. The van der Waals surface area contributed by atoms with Gasteiger partial charge in [-0.15, -0.1) is 11.3 Å². The molecule has 194 valence electrons. The summed E-state index contributed by atoms with van der Waals surface area (Å²) in [5.74, 6) is 1.36. The van der Waals surface area contributed by atoms with Crippen LogP contribution in [0.5, 0.6) is 5.75 Å². The minimum atomic E-state index is -3.86. The average molecular weight is 545 g/mol. The third-order valence-corrected chi connectivity index (χ3v) is 9.13. The normalized spacial score (nSPS) is 11.4. The van der Waals surface area contributed by atoms with E-state index in [2.05, 4.69) is 22.2 Å². The molecule has 0 fully saturated rings. The number of aromatic nitrogens is 2. The maximum absolute atomic E-state index is 13.9. The topological polar surface area (TPSA) is 84.4 Å². The smallest absolute Gasteiger partial charge is 0.266 e. The summed E-state index contributed by atoms with van der Waals surface area (Å²) in [6.07, 6.45) is 1.50. The molecule has 9 heteroatoms. The predicted octanol–water partition coefficient (Wildman–Crippen LogP) is 7.02. The Morgan fingerprint density at radius 2 is 1.63 bits per heavy atom. The minimum Gasteiger partial charge on any atom is -0.494 e. The Hall–Kier alpha value is -3.95. The second kappa shape index (κ2) is 10.8.